The first-order valence-corrected chi connectivity index (χ1v) is 7.16. The Morgan fingerprint density at radius 2 is 2.06 bits per heavy atom. The van der Waals surface area contributed by atoms with Crippen LogP contribution in [0.25, 0.3) is 0 Å². The van der Waals surface area contributed by atoms with Gasteiger partial charge in [-0.25, -0.2) is 0 Å². The van der Waals surface area contributed by atoms with Crippen molar-refractivity contribution in [2.45, 2.75) is 38.9 Å². The van der Waals surface area contributed by atoms with Crippen molar-refractivity contribution in [3.8, 4) is 0 Å². The normalized spacial score (nSPS) is 14.0. The first kappa shape index (κ1) is 15.0. The van der Waals surface area contributed by atoms with Crippen LogP contribution in [0.5, 0.6) is 0 Å². The maximum Gasteiger partial charge on any atom is 0.418 e. The van der Waals surface area contributed by atoms with Crippen molar-refractivity contribution >= 4 is 27.3 Å². The van der Waals surface area contributed by atoms with Gasteiger partial charge in [0.15, 0.2) is 0 Å². The number of halogens is 4. The van der Waals surface area contributed by atoms with Gasteiger partial charge >= 0.3 is 6.18 Å². The van der Waals surface area contributed by atoms with E-state index in [9.17, 15) is 13.2 Å². The SMILES string of the molecule is CCCNC(CC)c1scc(C(F)(F)F)c1Br. The molecule has 1 unspecified atom stereocenters. The van der Waals surface area contributed by atoms with Gasteiger partial charge in [-0.1, -0.05) is 13.8 Å². The van der Waals surface area contributed by atoms with Crippen molar-refractivity contribution in [3.63, 3.8) is 0 Å². The van der Waals surface area contributed by atoms with Crippen LogP contribution in [0.15, 0.2) is 9.85 Å². The Morgan fingerprint density at radius 1 is 1.41 bits per heavy atom. The zero-order valence-electron chi connectivity index (χ0n) is 9.70. The average molecular weight is 330 g/mol. The molecule has 0 amide bonds. The fourth-order valence-electron chi connectivity index (χ4n) is 1.53. The van der Waals surface area contributed by atoms with Crippen molar-refractivity contribution in [1.82, 2.24) is 5.32 Å². The Bertz CT molecular complexity index is 362. The summed E-state index contributed by atoms with van der Waals surface area (Å²) >= 11 is 4.23. The molecule has 0 radical (unpaired) electrons. The van der Waals surface area contributed by atoms with E-state index in [2.05, 4.69) is 21.2 Å². The molecule has 0 spiro atoms. The topological polar surface area (TPSA) is 12.0 Å². The van der Waals surface area contributed by atoms with Crippen LogP contribution in [0.1, 0.15) is 43.2 Å². The molecule has 1 aromatic heterocycles. The first-order valence-electron chi connectivity index (χ1n) is 5.49. The van der Waals surface area contributed by atoms with Crippen molar-refractivity contribution in [3.05, 3.63) is 20.3 Å². The summed E-state index contributed by atoms with van der Waals surface area (Å²) in [6, 6.07) is -0.00887. The Balaban J connectivity index is 2.94. The highest BCUT2D eigenvalue weighted by Gasteiger charge is 2.35. The van der Waals surface area contributed by atoms with Gasteiger partial charge in [0.1, 0.15) is 0 Å². The molecule has 0 fully saturated rings. The lowest BCUT2D eigenvalue weighted by molar-refractivity contribution is -0.137. The minimum absolute atomic E-state index is 0.00887. The number of hydrogen-bond donors (Lipinski definition) is 1. The highest BCUT2D eigenvalue weighted by molar-refractivity contribution is 9.10. The van der Waals surface area contributed by atoms with Gasteiger partial charge in [-0.05, 0) is 35.3 Å². The second-order valence-corrected chi connectivity index (χ2v) is 5.44. The average Bonchev–Trinajstić information content (AvgIpc) is 2.62. The maximum absolute atomic E-state index is 12.6. The number of nitrogens with one attached hydrogen (secondary N) is 1. The van der Waals surface area contributed by atoms with Gasteiger partial charge in [-0.15, -0.1) is 11.3 Å². The van der Waals surface area contributed by atoms with Crippen molar-refractivity contribution < 1.29 is 13.2 Å². The van der Waals surface area contributed by atoms with E-state index < -0.39 is 11.7 Å². The predicted molar refractivity (Wildman–Crippen MR) is 68.3 cm³/mol. The molecule has 0 bridgehead atoms. The van der Waals surface area contributed by atoms with Crippen LogP contribution >= 0.6 is 27.3 Å². The molecule has 1 heterocycles. The third-order valence-electron chi connectivity index (χ3n) is 2.43. The summed E-state index contributed by atoms with van der Waals surface area (Å²) in [6.45, 7) is 4.81. The molecule has 0 aliphatic carbocycles. The molecular formula is C11H15BrF3NS. The Labute approximate surface area is 112 Å². The zero-order chi connectivity index (χ0) is 13.1. The van der Waals surface area contributed by atoms with Crippen LogP contribution in [-0.4, -0.2) is 6.54 Å². The highest BCUT2D eigenvalue weighted by atomic mass is 79.9. The van der Waals surface area contributed by atoms with Crippen LogP contribution in [0.2, 0.25) is 0 Å². The minimum atomic E-state index is -4.28. The van der Waals surface area contributed by atoms with Crippen molar-refractivity contribution in [1.29, 1.82) is 0 Å². The summed E-state index contributed by atoms with van der Waals surface area (Å²) < 4.78 is 38.1. The summed E-state index contributed by atoms with van der Waals surface area (Å²) in [4.78, 5) is 0.730. The summed E-state index contributed by atoms with van der Waals surface area (Å²) in [5.74, 6) is 0. The third kappa shape index (κ3) is 3.69. The molecule has 1 nitrogen and oxygen atoms in total. The minimum Gasteiger partial charge on any atom is -0.309 e. The molecule has 17 heavy (non-hydrogen) atoms. The van der Waals surface area contributed by atoms with Crippen LogP contribution in [-0.2, 0) is 6.18 Å². The lowest BCUT2D eigenvalue weighted by atomic mass is 10.1. The molecule has 0 saturated carbocycles. The first-order chi connectivity index (χ1) is 7.91. The molecule has 0 aliphatic rings. The lowest BCUT2D eigenvalue weighted by Crippen LogP contribution is -2.21. The summed E-state index contributed by atoms with van der Waals surface area (Å²) in [5.41, 5.74) is -0.575. The lowest BCUT2D eigenvalue weighted by Gasteiger charge is -2.16. The van der Waals surface area contributed by atoms with Gasteiger partial charge in [0.05, 0.1) is 5.56 Å². The summed E-state index contributed by atoms with van der Waals surface area (Å²) in [5, 5.41) is 4.43. The highest BCUT2D eigenvalue weighted by Crippen LogP contribution is 2.42. The van der Waals surface area contributed by atoms with Gasteiger partial charge in [0.2, 0.25) is 0 Å². The molecule has 1 N–H and O–H groups in total. The van der Waals surface area contributed by atoms with E-state index in [1.807, 2.05) is 13.8 Å². The predicted octanol–water partition coefficient (Wildman–Crippen LogP) is 4.98. The molecule has 6 heteroatoms. The standard InChI is InChI=1S/C11H15BrF3NS/c1-3-5-16-8(4-2)10-9(12)7(6-17-10)11(13,14)15/h6,8,16H,3-5H2,1-2H3. The van der Waals surface area contributed by atoms with Crippen LogP contribution < -0.4 is 5.32 Å². The number of rotatable bonds is 5. The second kappa shape index (κ2) is 6.20. The van der Waals surface area contributed by atoms with E-state index in [1.54, 1.807) is 0 Å². The zero-order valence-corrected chi connectivity index (χ0v) is 12.1. The van der Waals surface area contributed by atoms with E-state index in [4.69, 9.17) is 0 Å². The van der Waals surface area contributed by atoms with E-state index in [1.165, 1.54) is 5.38 Å². The van der Waals surface area contributed by atoms with Crippen molar-refractivity contribution in [2.24, 2.45) is 0 Å². The van der Waals surface area contributed by atoms with E-state index in [0.29, 0.717) is 0 Å². The Morgan fingerprint density at radius 3 is 2.47 bits per heavy atom. The molecule has 98 valence electrons. The Kier molecular flexibility index (Phi) is 5.47. The maximum atomic E-state index is 12.6. The van der Waals surface area contributed by atoms with Gasteiger partial charge in [0, 0.05) is 20.8 Å². The van der Waals surface area contributed by atoms with Crippen LogP contribution in [0.3, 0.4) is 0 Å². The van der Waals surface area contributed by atoms with Gasteiger partial charge in [-0.3, -0.25) is 0 Å². The van der Waals surface area contributed by atoms with Gasteiger partial charge < -0.3 is 5.32 Å². The van der Waals surface area contributed by atoms with Gasteiger partial charge in [-0.2, -0.15) is 13.2 Å². The Hall–Kier alpha value is -0.0700. The molecule has 0 aliphatic heterocycles. The molecule has 1 aromatic rings. The van der Waals surface area contributed by atoms with Crippen LogP contribution in [0.4, 0.5) is 13.2 Å². The fraction of sp³-hybridized carbons (Fsp3) is 0.636. The largest absolute Gasteiger partial charge is 0.418 e. The number of alkyl halides is 3. The summed E-state index contributed by atoms with van der Waals surface area (Å²) in [6.07, 6.45) is -2.54. The molecule has 1 rings (SSSR count). The molecule has 1 atom stereocenters. The smallest absolute Gasteiger partial charge is 0.309 e. The quantitative estimate of drug-likeness (QED) is 0.803. The molecular weight excluding hydrogens is 315 g/mol. The monoisotopic (exact) mass is 329 g/mol. The van der Waals surface area contributed by atoms with E-state index >= 15 is 0 Å². The summed E-state index contributed by atoms with van der Waals surface area (Å²) in [7, 11) is 0. The van der Waals surface area contributed by atoms with Crippen molar-refractivity contribution in [2.75, 3.05) is 6.54 Å². The van der Waals surface area contributed by atoms with E-state index in [0.717, 1.165) is 35.6 Å². The molecule has 0 saturated heterocycles. The fourth-order valence-corrected chi connectivity index (χ4v) is 3.70. The van der Waals surface area contributed by atoms with E-state index in [-0.39, 0.29) is 10.5 Å². The third-order valence-corrected chi connectivity index (χ3v) is 4.64. The second-order valence-electron chi connectivity index (χ2n) is 3.74. The number of thiophene rings is 1. The van der Waals surface area contributed by atoms with Gasteiger partial charge in [0.25, 0.3) is 0 Å². The van der Waals surface area contributed by atoms with Crippen LogP contribution in [0, 0.1) is 0 Å². The molecule has 0 aromatic carbocycles. The number of hydrogen-bond acceptors (Lipinski definition) is 2.